The first-order valence-electron chi connectivity index (χ1n) is 3.83. The van der Waals surface area contributed by atoms with Crippen LogP contribution < -0.4 is 5.56 Å². The van der Waals surface area contributed by atoms with Gasteiger partial charge in [-0.15, -0.1) is 11.3 Å². The molecule has 0 unspecified atom stereocenters. The fourth-order valence-corrected chi connectivity index (χ4v) is 2.97. The maximum Gasteiger partial charge on any atom is 0.251 e. The topological polar surface area (TPSA) is 45.8 Å². The van der Waals surface area contributed by atoms with Crippen LogP contribution in [0.1, 0.15) is 4.88 Å². The zero-order valence-corrected chi connectivity index (χ0v) is 9.65. The van der Waals surface area contributed by atoms with Crippen molar-refractivity contribution in [2.45, 2.75) is 0 Å². The third kappa shape index (κ3) is 1.19. The molecule has 0 aliphatic carbocycles. The van der Waals surface area contributed by atoms with Gasteiger partial charge in [-0.2, -0.15) is 5.26 Å². The van der Waals surface area contributed by atoms with E-state index in [1.165, 1.54) is 17.4 Å². The molecule has 2 aromatic heterocycles. The van der Waals surface area contributed by atoms with Gasteiger partial charge in [-0.05, 0) is 22.0 Å². The summed E-state index contributed by atoms with van der Waals surface area (Å²) in [7, 11) is 1.70. The standard InChI is InChI=1S/C9H5BrN2OS/c1-12-7(13)3-2-5-8(10)6(4-11)14-9(5)12/h2-3H,1H3. The lowest BCUT2D eigenvalue weighted by Gasteiger charge is -1.96. The van der Waals surface area contributed by atoms with Gasteiger partial charge in [0.1, 0.15) is 15.8 Å². The molecule has 0 amide bonds. The van der Waals surface area contributed by atoms with E-state index in [1.807, 2.05) is 0 Å². The van der Waals surface area contributed by atoms with Crippen LogP contribution in [0.4, 0.5) is 0 Å². The fraction of sp³-hybridized carbons (Fsp3) is 0.111. The highest BCUT2D eigenvalue weighted by atomic mass is 79.9. The molecule has 3 nitrogen and oxygen atoms in total. The van der Waals surface area contributed by atoms with Crippen LogP contribution >= 0.6 is 27.3 Å². The van der Waals surface area contributed by atoms with Crippen LogP contribution in [0.15, 0.2) is 21.4 Å². The highest BCUT2D eigenvalue weighted by molar-refractivity contribution is 9.10. The Morgan fingerprint density at radius 2 is 2.29 bits per heavy atom. The van der Waals surface area contributed by atoms with Gasteiger partial charge in [-0.3, -0.25) is 4.79 Å². The quantitative estimate of drug-likeness (QED) is 0.736. The summed E-state index contributed by atoms with van der Waals surface area (Å²) < 4.78 is 2.32. The number of hydrogen-bond donors (Lipinski definition) is 0. The van der Waals surface area contributed by atoms with E-state index >= 15 is 0 Å². The third-order valence-electron chi connectivity index (χ3n) is 1.99. The second kappa shape index (κ2) is 3.23. The molecule has 0 aliphatic rings. The number of rotatable bonds is 0. The molecule has 5 heteroatoms. The maximum absolute atomic E-state index is 11.3. The largest absolute Gasteiger partial charge is 0.303 e. The minimum absolute atomic E-state index is 0.0595. The summed E-state index contributed by atoms with van der Waals surface area (Å²) in [4.78, 5) is 12.7. The summed E-state index contributed by atoms with van der Waals surface area (Å²) in [6, 6.07) is 5.32. The van der Waals surface area contributed by atoms with Crippen molar-refractivity contribution in [3.8, 4) is 6.07 Å². The number of nitriles is 1. The van der Waals surface area contributed by atoms with E-state index in [0.29, 0.717) is 4.88 Å². The number of halogens is 1. The molecule has 0 fully saturated rings. The van der Waals surface area contributed by atoms with Crippen molar-refractivity contribution in [1.29, 1.82) is 5.26 Å². The molecular weight excluding hydrogens is 264 g/mol. The van der Waals surface area contributed by atoms with Gasteiger partial charge in [0.25, 0.3) is 5.56 Å². The Kier molecular flexibility index (Phi) is 2.17. The predicted molar refractivity (Wildman–Crippen MR) is 59.5 cm³/mol. The van der Waals surface area contributed by atoms with Crippen LogP contribution in [0.2, 0.25) is 0 Å². The van der Waals surface area contributed by atoms with Crippen LogP contribution in [0, 0.1) is 11.3 Å². The summed E-state index contributed by atoms with van der Waals surface area (Å²) in [6.07, 6.45) is 0. The van der Waals surface area contributed by atoms with Crippen molar-refractivity contribution in [3.05, 3.63) is 31.8 Å². The number of thiophene rings is 1. The highest BCUT2D eigenvalue weighted by Gasteiger charge is 2.11. The first-order valence-corrected chi connectivity index (χ1v) is 5.44. The van der Waals surface area contributed by atoms with E-state index in [0.717, 1.165) is 14.7 Å². The van der Waals surface area contributed by atoms with E-state index in [2.05, 4.69) is 22.0 Å². The van der Waals surface area contributed by atoms with Crippen LogP contribution in [-0.4, -0.2) is 4.57 Å². The summed E-state index contributed by atoms with van der Waals surface area (Å²) >= 11 is 4.66. The van der Waals surface area contributed by atoms with Crippen molar-refractivity contribution in [2.75, 3.05) is 0 Å². The highest BCUT2D eigenvalue weighted by Crippen LogP contribution is 2.33. The van der Waals surface area contributed by atoms with Gasteiger partial charge in [0.2, 0.25) is 0 Å². The minimum atomic E-state index is -0.0595. The van der Waals surface area contributed by atoms with E-state index in [9.17, 15) is 4.79 Å². The molecule has 2 rings (SSSR count). The van der Waals surface area contributed by atoms with Crippen molar-refractivity contribution >= 4 is 37.5 Å². The number of aryl methyl sites for hydroxylation is 1. The molecule has 2 aromatic rings. The van der Waals surface area contributed by atoms with Crippen molar-refractivity contribution < 1.29 is 0 Å². The van der Waals surface area contributed by atoms with Crippen molar-refractivity contribution in [3.63, 3.8) is 0 Å². The normalized spacial score (nSPS) is 10.4. The summed E-state index contributed by atoms with van der Waals surface area (Å²) in [6.45, 7) is 0. The molecule has 0 radical (unpaired) electrons. The first kappa shape index (κ1) is 9.44. The van der Waals surface area contributed by atoms with Crippen molar-refractivity contribution in [2.24, 2.45) is 7.05 Å². The number of pyridine rings is 1. The molecule has 70 valence electrons. The average Bonchev–Trinajstić information content (AvgIpc) is 2.50. The van der Waals surface area contributed by atoms with Gasteiger partial charge in [-0.25, -0.2) is 0 Å². The molecule has 0 bridgehead atoms. The Morgan fingerprint density at radius 3 is 2.93 bits per heavy atom. The van der Waals surface area contributed by atoms with Gasteiger partial charge in [-0.1, -0.05) is 0 Å². The average molecular weight is 269 g/mol. The molecule has 0 spiro atoms. The SMILES string of the molecule is Cn1c(=O)ccc2c(Br)c(C#N)sc21. The maximum atomic E-state index is 11.3. The summed E-state index contributed by atoms with van der Waals surface area (Å²) in [5.74, 6) is 0. The number of nitrogens with zero attached hydrogens (tertiary/aromatic N) is 2. The monoisotopic (exact) mass is 268 g/mol. The Bertz CT molecular complexity index is 606. The van der Waals surface area contributed by atoms with Gasteiger partial charge < -0.3 is 4.57 Å². The molecule has 0 N–H and O–H groups in total. The molecule has 0 aromatic carbocycles. The Balaban J connectivity index is 3.01. The summed E-state index contributed by atoms with van der Waals surface area (Å²) in [5.41, 5.74) is -0.0595. The van der Waals surface area contributed by atoms with Gasteiger partial charge in [0.05, 0.1) is 4.47 Å². The Hall–Kier alpha value is -1.12. The van der Waals surface area contributed by atoms with Gasteiger partial charge >= 0.3 is 0 Å². The molecular formula is C9H5BrN2OS. The van der Waals surface area contributed by atoms with Crippen LogP contribution in [-0.2, 0) is 7.05 Å². The van der Waals surface area contributed by atoms with Crippen molar-refractivity contribution in [1.82, 2.24) is 4.57 Å². The Morgan fingerprint density at radius 1 is 1.57 bits per heavy atom. The zero-order chi connectivity index (χ0) is 10.3. The van der Waals surface area contributed by atoms with E-state index in [-0.39, 0.29) is 5.56 Å². The van der Waals surface area contributed by atoms with Crippen LogP contribution in [0.5, 0.6) is 0 Å². The molecule has 14 heavy (non-hydrogen) atoms. The molecule has 2 heterocycles. The lowest BCUT2D eigenvalue weighted by Crippen LogP contribution is -2.13. The van der Waals surface area contributed by atoms with E-state index in [4.69, 9.17) is 5.26 Å². The molecule has 0 saturated carbocycles. The lowest BCUT2D eigenvalue weighted by molar-refractivity contribution is 0.915. The smallest absolute Gasteiger partial charge is 0.251 e. The van der Waals surface area contributed by atoms with E-state index in [1.54, 1.807) is 17.7 Å². The third-order valence-corrected chi connectivity index (χ3v) is 4.27. The van der Waals surface area contributed by atoms with E-state index < -0.39 is 0 Å². The van der Waals surface area contributed by atoms with Gasteiger partial charge in [0, 0.05) is 18.5 Å². The van der Waals surface area contributed by atoms with Gasteiger partial charge in [0.15, 0.2) is 0 Å². The summed E-state index contributed by atoms with van der Waals surface area (Å²) in [5, 5.41) is 9.73. The predicted octanol–water partition coefficient (Wildman–Crippen LogP) is 2.23. The number of hydrogen-bond acceptors (Lipinski definition) is 3. The zero-order valence-electron chi connectivity index (χ0n) is 7.24. The number of aromatic nitrogens is 1. The second-order valence-corrected chi connectivity index (χ2v) is 4.60. The lowest BCUT2D eigenvalue weighted by atomic mass is 10.3. The first-order chi connectivity index (χ1) is 6.65. The molecule has 0 saturated heterocycles. The van der Waals surface area contributed by atoms with Crippen LogP contribution in [0.25, 0.3) is 10.2 Å². The Labute approximate surface area is 92.3 Å². The minimum Gasteiger partial charge on any atom is -0.303 e. The second-order valence-electron chi connectivity index (χ2n) is 2.81. The van der Waals surface area contributed by atoms with Crippen LogP contribution in [0.3, 0.4) is 0 Å². The fourth-order valence-electron chi connectivity index (χ4n) is 1.24. The number of fused-ring (bicyclic) bond motifs is 1. The molecule has 0 atom stereocenters. The molecule has 0 aliphatic heterocycles.